The van der Waals surface area contributed by atoms with Gasteiger partial charge in [0.2, 0.25) is 0 Å². The monoisotopic (exact) mass is 220 g/mol. The van der Waals surface area contributed by atoms with E-state index < -0.39 is 11.6 Å². The van der Waals surface area contributed by atoms with E-state index in [0.29, 0.717) is 5.56 Å². The molecular weight excluding hydrogens is 204 g/mol. The minimum atomic E-state index is -0.500. The molecule has 0 aromatic heterocycles. The van der Waals surface area contributed by atoms with Crippen LogP contribution in [0.5, 0.6) is 5.75 Å². The second kappa shape index (κ2) is 4.84. The van der Waals surface area contributed by atoms with Gasteiger partial charge in [-0.3, -0.25) is 0 Å². The van der Waals surface area contributed by atoms with Gasteiger partial charge in [-0.1, -0.05) is 18.2 Å². The van der Waals surface area contributed by atoms with Crippen molar-refractivity contribution in [3.8, 4) is 5.75 Å². The number of carbonyl (C=O) groups excluding carboxylic acids is 1. The van der Waals surface area contributed by atoms with Crippen LogP contribution in [0.3, 0.4) is 0 Å². The Bertz CT molecular complexity index is 400. The molecule has 0 radical (unpaired) electrons. The van der Waals surface area contributed by atoms with Gasteiger partial charge in [0.25, 0.3) is 0 Å². The number of rotatable bonds is 2. The summed E-state index contributed by atoms with van der Waals surface area (Å²) in [4.78, 5) is 11.4. The molecule has 0 aliphatic carbocycles. The molecule has 0 saturated heterocycles. The van der Waals surface area contributed by atoms with Gasteiger partial charge >= 0.3 is 5.97 Å². The van der Waals surface area contributed by atoms with Crippen molar-refractivity contribution >= 4 is 12.0 Å². The zero-order valence-electron chi connectivity index (χ0n) is 9.73. The van der Waals surface area contributed by atoms with Gasteiger partial charge in [-0.15, -0.1) is 0 Å². The summed E-state index contributed by atoms with van der Waals surface area (Å²) in [5.41, 5.74) is 0.0912. The zero-order chi connectivity index (χ0) is 12.2. The molecule has 0 saturated carbocycles. The van der Waals surface area contributed by atoms with Crippen LogP contribution in [0, 0.1) is 0 Å². The number of esters is 1. The maximum Gasteiger partial charge on any atom is 0.331 e. The number of aromatic hydroxyl groups is 1. The molecule has 1 N–H and O–H groups in total. The first-order chi connectivity index (χ1) is 7.38. The van der Waals surface area contributed by atoms with Gasteiger partial charge < -0.3 is 9.84 Å². The molecule has 1 aromatic rings. The molecule has 1 aromatic carbocycles. The molecular formula is C13H16O3. The van der Waals surface area contributed by atoms with Crippen LogP contribution in [0.2, 0.25) is 0 Å². The SMILES string of the molecule is CC(C)(C)OC(=O)/C=C/c1ccccc1O. The van der Waals surface area contributed by atoms with Crippen molar-refractivity contribution in [3.63, 3.8) is 0 Å². The Morgan fingerprint density at radius 3 is 2.50 bits per heavy atom. The average Bonchev–Trinajstić information content (AvgIpc) is 2.14. The van der Waals surface area contributed by atoms with Crippen molar-refractivity contribution < 1.29 is 14.6 Å². The van der Waals surface area contributed by atoms with Crippen molar-refractivity contribution in [2.24, 2.45) is 0 Å². The van der Waals surface area contributed by atoms with Gasteiger partial charge in [0.05, 0.1) is 0 Å². The van der Waals surface area contributed by atoms with Crippen LogP contribution in [0.4, 0.5) is 0 Å². The highest BCUT2D eigenvalue weighted by molar-refractivity contribution is 5.87. The summed E-state index contributed by atoms with van der Waals surface area (Å²) in [6.07, 6.45) is 2.84. The molecule has 0 fully saturated rings. The Kier molecular flexibility index (Phi) is 3.72. The van der Waals surface area contributed by atoms with Gasteiger partial charge in [0.1, 0.15) is 11.4 Å². The third kappa shape index (κ3) is 4.17. The first kappa shape index (κ1) is 12.3. The van der Waals surface area contributed by atoms with Gasteiger partial charge in [0.15, 0.2) is 0 Å². The van der Waals surface area contributed by atoms with E-state index in [0.717, 1.165) is 0 Å². The summed E-state index contributed by atoms with van der Waals surface area (Å²) in [7, 11) is 0. The minimum absolute atomic E-state index is 0.141. The predicted molar refractivity (Wildman–Crippen MR) is 63.0 cm³/mol. The molecule has 0 heterocycles. The topological polar surface area (TPSA) is 46.5 Å². The van der Waals surface area contributed by atoms with Crippen LogP contribution in [-0.4, -0.2) is 16.7 Å². The summed E-state index contributed by atoms with van der Waals surface area (Å²) >= 11 is 0. The predicted octanol–water partition coefficient (Wildman–Crippen LogP) is 2.75. The fraction of sp³-hybridized carbons (Fsp3) is 0.308. The molecule has 0 aliphatic rings. The van der Waals surface area contributed by atoms with Crippen molar-refractivity contribution in [2.45, 2.75) is 26.4 Å². The minimum Gasteiger partial charge on any atom is -0.507 e. The molecule has 86 valence electrons. The zero-order valence-corrected chi connectivity index (χ0v) is 9.73. The maximum absolute atomic E-state index is 11.4. The Morgan fingerprint density at radius 2 is 1.94 bits per heavy atom. The summed E-state index contributed by atoms with van der Waals surface area (Å²) in [6, 6.07) is 6.79. The average molecular weight is 220 g/mol. The number of phenolic OH excluding ortho intramolecular Hbond substituents is 1. The van der Waals surface area contributed by atoms with Gasteiger partial charge in [-0.2, -0.15) is 0 Å². The molecule has 0 spiro atoms. The van der Waals surface area contributed by atoms with E-state index in [9.17, 15) is 9.90 Å². The maximum atomic E-state index is 11.4. The quantitative estimate of drug-likeness (QED) is 0.615. The van der Waals surface area contributed by atoms with Crippen LogP contribution in [-0.2, 0) is 9.53 Å². The molecule has 16 heavy (non-hydrogen) atoms. The number of hydrogen-bond acceptors (Lipinski definition) is 3. The second-order valence-electron chi connectivity index (χ2n) is 4.43. The molecule has 3 heteroatoms. The molecule has 0 aliphatic heterocycles. The smallest absolute Gasteiger partial charge is 0.331 e. The third-order valence-corrected chi connectivity index (χ3v) is 1.74. The van der Waals surface area contributed by atoms with Crippen molar-refractivity contribution in [3.05, 3.63) is 35.9 Å². The highest BCUT2D eigenvalue weighted by atomic mass is 16.6. The molecule has 0 amide bonds. The first-order valence-electron chi connectivity index (χ1n) is 5.07. The number of phenols is 1. The van der Waals surface area contributed by atoms with Crippen molar-refractivity contribution in [1.82, 2.24) is 0 Å². The van der Waals surface area contributed by atoms with Crippen LogP contribution in [0.15, 0.2) is 30.3 Å². The third-order valence-electron chi connectivity index (χ3n) is 1.74. The van der Waals surface area contributed by atoms with Crippen LogP contribution < -0.4 is 0 Å². The lowest BCUT2D eigenvalue weighted by Gasteiger charge is -2.17. The van der Waals surface area contributed by atoms with Crippen LogP contribution in [0.25, 0.3) is 6.08 Å². The molecule has 1 rings (SSSR count). The van der Waals surface area contributed by atoms with E-state index in [1.807, 2.05) is 0 Å². The standard InChI is InChI=1S/C13H16O3/c1-13(2,3)16-12(15)9-8-10-6-4-5-7-11(10)14/h4-9,14H,1-3H3/b9-8+. The van der Waals surface area contributed by atoms with E-state index in [1.54, 1.807) is 45.0 Å². The Morgan fingerprint density at radius 1 is 1.31 bits per heavy atom. The normalized spacial score (nSPS) is 11.7. The molecule has 0 bridgehead atoms. The highest BCUT2D eigenvalue weighted by Gasteiger charge is 2.13. The van der Waals surface area contributed by atoms with Gasteiger partial charge in [0, 0.05) is 11.6 Å². The Hall–Kier alpha value is -1.77. The number of hydrogen-bond donors (Lipinski definition) is 1. The summed E-state index contributed by atoms with van der Waals surface area (Å²) in [5.74, 6) is -0.280. The summed E-state index contributed by atoms with van der Waals surface area (Å²) < 4.78 is 5.09. The van der Waals surface area contributed by atoms with E-state index in [4.69, 9.17) is 4.74 Å². The largest absolute Gasteiger partial charge is 0.507 e. The lowest BCUT2D eigenvalue weighted by Crippen LogP contribution is -2.22. The molecule has 0 unspecified atom stereocenters. The number of ether oxygens (including phenoxy) is 1. The summed E-state index contributed by atoms with van der Waals surface area (Å²) in [5, 5.41) is 9.45. The van der Waals surface area contributed by atoms with Gasteiger partial charge in [-0.25, -0.2) is 4.79 Å². The fourth-order valence-electron chi connectivity index (χ4n) is 1.12. The van der Waals surface area contributed by atoms with Crippen LogP contribution in [0.1, 0.15) is 26.3 Å². The van der Waals surface area contributed by atoms with Crippen molar-refractivity contribution in [2.75, 3.05) is 0 Å². The van der Waals surface area contributed by atoms with Crippen molar-refractivity contribution in [1.29, 1.82) is 0 Å². The summed E-state index contributed by atoms with van der Waals surface area (Å²) in [6.45, 7) is 5.41. The van der Waals surface area contributed by atoms with E-state index >= 15 is 0 Å². The number of carbonyl (C=O) groups is 1. The van der Waals surface area contributed by atoms with E-state index in [-0.39, 0.29) is 5.75 Å². The second-order valence-corrected chi connectivity index (χ2v) is 4.43. The molecule has 3 nitrogen and oxygen atoms in total. The fourth-order valence-corrected chi connectivity index (χ4v) is 1.12. The number of para-hydroxylation sites is 1. The lowest BCUT2D eigenvalue weighted by atomic mass is 10.2. The highest BCUT2D eigenvalue weighted by Crippen LogP contribution is 2.17. The number of benzene rings is 1. The Labute approximate surface area is 95.4 Å². The van der Waals surface area contributed by atoms with E-state index in [1.165, 1.54) is 12.2 Å². The van der Waals surface area contributed by atoms with E-state index in [2.05, 4.69) is 0 Å². The van der Waals surface area contributed by atoms with Crippen LogP contribution >= 0.6 is 0 Å². The Balaban J connectivity index is 2.68. The molecule has 0 atom stereocenters. The van der Waals surface area contributed by atoms with Gasteiger partial charge in [-0.05, 0) is 32.9 Å². The first-order valence-corrected chi connectivity index (χ1v) is 5.07. The lowest BCUT2D eigenvalue weighted by molar-refractivity contribution is -0.148.